The largest absolute Gasteiger partial charge is 0.375 e. The molecule has 3 aliphatic rings. The van der Waals surface area contributed by atoms with Crippen LogP contribution in [0.15, 0.2) is 0 Å². The van der Waals surface area contributed by atoms with Crippen molar-refractivity contribution in [1.82, 2.24) is 0 Å². The van der Waals surface area contributed by atoms with Gasteiger partial charge >= 0.3 is 0 Å². The topological polar surface area (TPSA) is 35.2 Å². The molecule has 0 aromatic rings. The van der Waals surface area contributed by atoms with Crippen LogP contribution in [0.25, 0.3) is 0 Å². The number of hydrogen-bond acceptors (Lipinski definition) is 2. The number of nitrogens with two attached hydrogens (primary N) is 1. The van der Waals surface area contributed by atoms with Crippen molar-refractivity contribution in [2.75, 3.05) is 0 Å². The molecule has 4 atom stereocenters. The smallest absolute Gasteiger partial charge is 0.0584 e. The maximum absolute atomic E-state index is 6.19. The van der Waals surface area contributed by atoms with E-state index in [0.717, 1.165) is 11.8 Å². The Labute approximate surface area is 86.2 Å². The van der Waals surface area contributed by atoms with Crippen LogP contribution in [0.4, 0.5) is 0 Å². The summed E-state index contributed by atoms with van der Waals surface area (Å²) >= 11 is 0. The second-order valence-electron chi connectivity index (χ2n) is 6.01. The van der Waals surface area contributed by atoms with Crippen LogP contribution in [-0.4, -0.2) is 17.7 Å². The molecule has 0 unspecified atom stereocenters. The first-order chi connectivity index (χ1) is 6.62. The van der Waals surface area contributed by atoms with Crippen molar-refractivity contribution in [2.45, 2.75) is 63.2 Å². The molecule has 3 saturated carbocycles. The van der Waals surface area contributed by atoms with Gasteiger partial charge in [-0.05, 0) is 57.3 Å². The third-order valence-corrected chi connectivity index (χ3v) is 4.16. The molecule has 2 nitrogen and oxygen atoms in total. The summed E-state index contributed by atoms with van der Waals surface area (Å²) in [4.78, 5) is 0. The molecule has 0 heterocycles. The van der Waals surface area contributed by atoms with Crippen LogP contribution >= 0.6 is 0 Å². The molecule has 2 N–H and O–H groups in total. The van der Waals surface area contributed by atoms with Gasteiger partial charge in [0, 0.05) is 5.54 Å². The molecule has 3 fully saturated rings. The molecule has 80 valence electrons. The van der Waals surface area contributed by atoms with E-state index < -0.39 is 0 Å². The molecule has 0 aliphatic heterocycles. The maximum atomic E-state index is 6.19. The molecule has 14 heavy (non-hydrogen) atoms. The standard InChI is InChI=1S/C12H21NO/c1-12(13)6-8-4-11(5-9(8)7-12)14-10-2-3-10/h8-11H,2-7,13H2,1H3/t8-,9+,11-,12-. The van der Waals surface area contributed by atoms with E-state index in [0.29, 0.717) is 12.2 Å². The van der Waals surface area contributed by atoms with Crippen LogP contribution in [0.5, 0.6) is 0 Å². The van der Waals surface area contributed by atoms with E-state index in [1.165, 1.54) is 38.5 Å². The predicted molar refractivity (Wildman–Crippen MR) is 55.9 cm³/mol. The van der Waals surface area contributed by atoms with Gasteiger partial charge in [0.25, 0.3) is 0 Å². The van der Waals surface area contributed by atoms with Gasteiger partial charge in [-0.3, -0.25) is 0 Å². The molecule has 0 bridgehead atoms. The molecule has 0 spiro atoms. The van der Waals surface area contributed by atoms with Crippen LogP contribution in [0, 0.1) is 11.8 Å². The first-order valence-corrected chi connectivity index (χ1v) is 6.07. The Morgan fingerprint density at radius 3 is 2.14 bits per heavy atom. The Bertz CT molecular complexity index is 218. The fraction of sp³-hybridized carbons (Fsp3) is 1.00. The third kappa shape index (κ3) is 1.70. The second-order valence-corrected chi connectivity index (χ2v) is 6.01. The molecule has 0 amide bonds. The minimum atomic E-state index is 0.125. The average Bonchev–Trinajstić information content (AvgIpc) is 2.70. The molecular weight excluding hydrogens is 174 g/mol. The fourth-order valence-electron chi connectivity index (χ4n) is 3.53. The van der Waals surface area contributed by atoms with E-state index in [1.54, 1.807) is 0 Å². The summed E-state index contributed by atoms with van der Waals surface area (Å²) in [6, 6.07) is 0. The van der Waals surface area contributed by atoms with Crippen LogP contribution in [0.2, 0.25) is 0 Å². The lowest BCUT2D eigenvalue weighted by Gasteiger charge is -2.20. The molecular formula is C12H21NO. The molecule has 0 saturated heterocycles. The molecule has 2 heteroatoms. The van der Waals surface area contributed by atoms with Crippen molar-refractivity contribution in [3.63, 3.8) is 0 Å². The minimum Gasteiger partial charge on any atom is -0.375 e. The van der Waals surface area contributed by atoms with Crippen LogP contribution in [-0.2, 0) is 4.74 Å². The summed E-state index contributed by atoms with van der Waals surface area (Å²) in [5, 5.41) is 0. The summed E-state index contributed by atoms with van der Waals surface area (Å²) in [7, 11) is 0. The monoisotopic (exact) mass is 195 g/mol. The number of fused-ring (bicyclic) bond motifs is 1. The van der Waals surface area contributed by atoms with E-state index in [4.69, 9.17) is 10.5 Å². The van der Waals surface area contributed by atoms with Crippen molar-refractivity contribution in [3.8, 4) is 0 Å². The Balaban J connectivity index is 1.57. The highest BCUT2D eigenvalue weighted by Gasteiger charge is 2.46. The Morgan fingerprint density at radius 1 is 1.07 bits per heavy atom. The summed E-state index contributed by atoms with van der Waals surface area (Å²) in [5.41, 5.74) is 6.31. The lowest BCUT2D eigenvalue weighted by molar-refractivity contribution is 0.0381. The van der Waals surface area contributed by atoms with Gasteiger partial charge in [-0.15, -0.1) is 0 Å². The van der Waals surface area contributed by atoms with Gasteiger partial charge in [-0.1, -0.05) is 0 Å². The van der Waals surface area contributed by atoms with Gasteiger partial charge in [-0.2, -0.15) is 0 Å². The average molecular weight is 195 g/mol. The third-order valence-electron chi connectivity index (χ3n) is 4.16. The van der Waals surface area contributed by atoms with E-state index in [2.05, 4.69) is 6.92 Å². The zero-order valence-corrected chi connectivity index (χ0v) is 9.04. The predicted octanol–water partition coefficient (Wildman–Crippen LogP) is 2.07. The van der Waals surface area contributed by atoms with Gasteiger partial charge < -0.3 is 10.5 Å². The zero-order chi connectivity index (χ0) is 9.76. The molecule has 3 rings (SSSR count). The van der Waals surface area contributed by atoms with Gasteiger partial charge in [0.2, 0.25) is 0 Å². The minimum absolute atomic E-state index is 0.125. The lowest BCUT2D eigenvalue weighted by atomic mass is 9.97. The maximum Gasteiger partial charge on any atom is 0.0584 e. The molecule has 3 aliphatic carbocycles. The van der Waals surface area contributed by atoms with E-state index >= 15 is 0 Å². The molecule has 0 aromatic carbocycles. The van der Waals surface area contributed by atoms with Crippen LogP contribution in [0.1, 0.15) is 45.4 Å². The summed E-state index contributed by atoms with van der Waals surface area (Å²) < 4.78 is 5.99. The first-order valence-electron chi connectivity index (χ1n) is 6.07. The van der Waals surface area contributed by atoms with E-state index in [9.17, 15) is 0 Å². The number of rotatable bonds is 2. The Kier molecular flexibility index (Phi) is 1.94. The SMILES string of the molecule is C[C@@]1(N)C[C@H]2C[C@@H](OC3CC3)C[C@H]2C1. The number of hydrogen-bond donors (Lipinski definition) is 1. The van der Waals surface area contributed by atoms with E-state index in [-0.39, 0.29) is 5.54 Å². The summed E-state index contributed by atoms with van der Waals surface area (Å²) in [5.74, 6) is 1.74. The number of ether oxygens (including phenoxy) is 1. The zero-order valence-electron chi connectivity index (χ0n) is 9.04. The van der Waals surface area contributed by atoms with Crippen LogP contribution < -0.4 is 5.73 Å². The Hall–Kier alpha value is -0.0800. The van der Waals surface area contributed by atoms with Crippen LogP contribution in [0.3, 0.4) is 0 Å². The second kappa shape index (κ2) is 2.96. The Morgan fingerprint density at radius 2 is 1.64 bits per heavy atom. The van der Waals surface area contributed by atoms with Crippen molar-refractivity contribution in [1.29, 1.82) is 0 Å². The van der Waals surface area contributed by atoms with Gasteiger partial charge in [0.15, 0.2) is 0 Å². The van der Waals surface area contributed by atoms with Gasteiger partial charge in [0.1, 0.15) is 0 Å². The highest BCUT2D eigenvalue weighted by Crippen LogP contribution is 2.49. The van der Waals surface area contributed by atoms with Gasteiger partial charge in [0.05, 0.1) is 12.2 Å². The molecule has 0 aromatic heterocycles. The molecule has 0 radical (unpaired) electrons. The summed E-state index contributed by atoms with van der Waals surface area (Å²) in [6.07, 6.45) is 8.84. The van der Waals surface area contributed by atoms with Crippen molar-refractivity contribution in [3.05, 3.63) is 0 Å². The lowest BCUT2D eigenvalue weighted by Crippen LogP contribution is -2.33. The van der Waals surface area contributed by atoms with E-state index in [1.807, 2.05) is 0 Å². The normalized spacial score (nSPS) is 52.3. The fourth-order valence-corrected chi connectivity index (χ4v) is 3.53. The van der Waals surface area contributed by atoms with Crippen molar-refractivity contribution >= 4 is 0 Å². The highest BCUT2D eigenvalue weighted by atomic mass is 16.5. The highest BCUT2D eigenvalue weighted by molar-refractivity contribution is 5.00. The first kappa shape index (κ1) is 9.17. The summed E-state index contributed by atoms with van der Waals surface area (Å²) in [6.45, 7) is 2.21. The quantitative estimate of drug-likeness (QED) is 0.732. The van der Waals surface area contributed by atoms with Crippen molar-refractivity contribution in [2.24, 2.45) is 17.6 Å². The van der Waals surface area contributed by atoms with Gasteiger partial charge in [-0.25, -0.2) is 0 Å². The van der Waals surface area contributed by atoms with Crippen molar-refractivity contribution < 1.29 is 4.74 Å².